The SMILES string of the molecule is COC1CCN(c2ccnc3ccc(Br)cc23)CC1. The number of hydrogen-bond acceptors (Lipinski definition) is 3. The van der Waals surface area contributed by atoms with Crippen molar-refractivity contribution in [3.05, 3.63) is 34.9 Å². The fourth-order valence-electron chi connectivity index (χ4n) is 2.71. The van der Waals surface area contributed by atoms with E-state index in [-0.39, 0.29) is 0 Å². The summed E-state index contributed by atoms with van der Waals surface area (Å²) in [4.78, 5) is 6.87. The van der Waals surface area contributed by atoms with Crippen LogP contribution in [0.5, 0.6) is 0 Å². The molecule has 0 aliphatic carbocycles. The smallest absolute Gasteiger partial charge is 0.0723 e. The molecule has 1 fully saturated rings. The van der Waals surface area contributed by atoms with Crippen molar-refractivity contribution in [2.24, 2.45) is 0 Å². The maximum atomic E-state index is 5.44. The van der Waals surface area contributed by atoms with Gasteiger partial charge in [-0.05, 0) is 37.1 Å². The van der Waals surface area contributed by atoms with Crippen LogP contribution in [0, 0.1) is 0 Å². The second kappa shape index (κ2) is 5.47. The van der Waals surface area contributed by atoms with Gasteiger partial charge in [0.2, 0.25) is 0 Å². The van der Waals surface area contributed by atoms with Crippen molar-refractivity contribution in [2.45, 2.75) is 18.9 Å². The molecule has 1 aliphatic rings. The molecule has 4 heteroatoms. The first-order valence-corrected chi connectivity index (χ1v) is 7.39. The molecule has 1 aromatic carbocycles. The summed E-state index contributed by atoms with van der Waals surface area (Å²) in [5.74, 6) is 0. The third kappa shape index (κ3) is 2.60. The Morgan fingerprint density at radius 3 is 2.79 bits per heavy atom. The first kappa shape index (κ1) is 12.9. The summed E-state index contributed by atoms with van der Waals surface area (Å²) in [6, 6.07) is 8.36. The molecule has 0 unspecified atom stereocenters. The van der Waals surface area contributed by atoms with E-state index in [0.29, 0.717) is 6.10 Å². The minimum atomic E-state index is 0.413. The van der Waals surface area contributed by atoms with Gasteiger partial charge in [-0.15, -0.1) is 0 Å². The number of piperidine rings is 1. The average Bonchev–Trinajstić information content (AvgIpc) is 2.47. The highest BCUT2D eigenvalue weighted by Crippen LogP contribution is 2.30. The van der Waals surface area contributed by atoms with Crippen LogP contribution in [0.25, 0.3) is 10.9 Å². The largest absolute Gasteiger partial charge is 0.381 e. The van der Waals surface area contributed by atoms with Crippen molar-refractivity contribution in [1.82, 2.24) is 4.98 Å². The second-order valence-corrected chi connectivity index (χ2v) is 5.83. The fourth-order valence-corrected chi connectivity index (χ4v) is 3.07. The Bertz CT molecular complexity index is 579. The molecule has 1 saturated heterocycles. The molecule has 0 amide bonds. The number of halogens is 1. The van der Waals surface area contributed by atoms with Gasteiger partial charge in [0.1, 0.15) is 0 Å². The van der Waals surface area contributed by atoms with Crippen molar-refractivity contribution in [3.63, 3.8) is 0 Å². The molecule has 1 aromatic heterocycles. The highest BCUT2D eigenvalue weighted by molar-refractivity contribution is 9.10. The average molecular weight is 321 g/mol. The van der Waals surface area contributed by atoms with E-state index >= 15 is 0 Å². The highest BCUT2D eigenvalue weighted by atomic mass is 79.9. The van der Waals surface area contributed by atoms with Crippen LogP contribution >= 0.6 is 15.9 Å². The number of aromatic nitrogens is 1. The monoisotopic (exact) mass is 320 g/mol. The molecule has 2 aromatic rings. The van der Waals surface area contributed by atoms with E-state index in [2.05, 4.69) is 44.0 Å². The van der Waals surface area contributed by atoms with Crippen LogP contribution in [0.4, 0.5) is 5.69 Å². The predicted molar refractivity (Wildman–Crippen MR) is 81.7 cm³/mol. The van der Waals surface area contributed by atoms with E-state index in [0.717, 1.165) is 35.9 Å². The number of ether oxygens (including phenoxy) is 1. The molecule has 0 bridgehead atoms. The minimum absolute atomic E-state index is 0.413. The van der Waals surface area contributed by atoms with Gasteiger partial charge in [0.15, 0.2) is 0 Å². The van der Waals surface area contributed by atoms with E-state index in [4.69, 9.17) is 4.74 Å². The lowest BCUT2D eigenvalue weighted by Crippen LogP contribution is -2.36. The van der Waals surface area contributed by atoms with Gasteiger partial charge in [-0.3, -0.25) is 4.98 Å². The lowest BCUT2D eigenvalue weighted by atomic mass is 10.1. The quantitative estimate of drug-likeness (QED) is 0.845. The van der Waals surface area contributed by atoms with Crippen LogP contribution in [0.1, 0.15) is 12.8 Å². The van der Waals surface area contributed by atoms with Crippen molar-refractivity contribution < 1.29 is 4.74 Å². The number of benzene rings is 1. The van der Waals surface area contributed by atoms with E-state index in [1.165, 1.54) is 11.1 Å². The van der Waals surface area contributed by atoms with Crippen LogP contribution in [0.15, 0.2) is 34.9 Å². The van der Waals surface area contributed by atoms with Crippen molar-refractivity contribution in [3.8, 4) is 0 Å². The van der Waals surface area contributed by atoms with Crippen LogP contribution < -0.4 is 4.90 Å². The first-order chi connectivity index (χ1) is 9.28. The lowest BCUT2D eigenvalue weighted by molar-refractivity contribution is 0.0819. The Morgan fingerprint density at radius 2 is 2.05 bits per heavy atom. The number of hydrogen-bond donors (Lipinski definition) is 0. The number of nitrogens with zero attached hydrogens (tertiary/aromatic N) is 2. The Hall–Kier alpha value is -1.13. The zero-order chi connectivity index (χ0) is 13.2. The van der Waals surface area contributed by atoms with E-state index in [1.54, 1.807) is 7.11 Å². The topological polar surface area (TPSA) is 25.4 Å². The van der Waals surface area contributed by atoms with Crippen molar-refractivity contribution in [1.29, 1.82) is 0 Å². The fraction of sp³-hybridized carbons (Fsp3) is 0.400. The molecule has 2 heterocycles. The minimum Gasteiger partial charge on any atom is -0.381 e. The Balaban J connectivity index is 1.94. The van der Waals surface area contributed by atoms with Crippen LogP contribution in [-0.2, 0) is 4.74 Å². The van der Waals surface area contributed by atoms with Crippen LogP contribution in [-0.4, -0.2) is 31.3 Å². The summed E-state index contributed by atoms with van der Waals surface area (Å²) in [6.07, 6.45) is 4.49. The molecule has 0 atom stereocenters. The molecule has 3 nitrogen and oxygen atoms in total. The molecular weight excluding hydrogens is 304 g/mol. The Kier molecular flexibility index (Phi) is 3.71. The summed E-state index contributed by atoms with van der Waals surface area (Å²) in [7, 11) is 1.80. The zero-order valence-corrected chi connectivity index (χ0v) is 12.6. The third-order valence-corrected chi connectivity index (χ3v) is 4.29. The second-order valence-electron chi connectivity index (χ2n) is 4.91. The van der Waals surface area contributed by atoms with Gasteiger partial charge >= 0.3 is 0 Å². The summed E-state index contributed by atoms with van der Waals surface area (Å²) in [6.45, 7) is 2.09. The maximum absolute atomic E-state index is 5.44. The molecule has 1 aliphatic heterocycles. The lowest BCUT2D eigenvalue weighted by Gasteiger charge is -2.33. The number of methoxy groups -OCH3 is 1. The van der Waals surface area contributed by atoms with Crippen LogP contribution in [0.3, 0.4) is 0 Å². The molecular formula is C15H17BrN2O. The van der Waals surface area contributed by atoms with Gasteiger partial charge < -0.3 is 9.64 Å². The number of anilines is 1. The standard InChI is InChI=1S/C15H17BrN2O/c1-19-12-5-8-18(9-6-12)15-4-7-17-14-3-2-11(16)10-13(14)15/h2-4,7,10,12H,5-6,8-9H2,1H3. The molecule has 0 spiro atoms. The van der Waals surface area contributed by atoms with Crippen molar-refractivity contribution in [2.75, 3.05) is 25.1 Å². The van der Waals surface area contributed by atoms with Crippen LogP contribution in [0.2, 0.25) is 0 Å². The Labute approximate surface area is 121 Å². The van der Waals surface area contributed by atoms with E-state index in [1.807, 2.05) is 12.3 Å². The van der Waals surface area contributed by atoms with E-state index < -0.39 is 0 Å². The highest BCUT2D eigenvalue weighted by Gasteiger charge is 2.20. The van der Waals surface area contributed by atoms with Gasteiger partial charge in [-0.2, -0.15) is 0 Å². The molecule has 100 valence electrons. The summed E-state index contributed by atoms with van der Waals surface area (Å²) in [5, 5.41) is 1.22. The Morgan fingerprint density at radius 1 is 1.26 bits per heavy atom. The third-order valence-electron chi connectivity index (χ3n) is 3.80. The molecule has 0 N–H and O–H groups in total. The van der Waals surface area contributed by atoms with Gasteiger partial charge in [0.05, 0.1) is 11.6 Å². The van der Waals surface area contributed by atoms with Gasteiger partial charge in [-0.25, -0.2) is 0 Å². The molecule has 0 radical (unpaired) electrons. The van der Waals surface area contributed by atoms with Gasteiger partial charge in [-0.1, -0.05) is 15.9 Å². The molecule has 19 heavy (non-hydrogen) atoms. The molecule has 0 saturated carbocycles. The normalized spacial score (nSPS) is 17.1. The van der Waals surface area contributed by atoms with E-state index in [9.17, 15) is 0 Å². The molecule has 3 rings (SSSR count). The predicted octanol–water partition coefficient (Wildman–Crippen LogP) is 3.61. The van der Waals surface area contributed by atoms with Gasteiger partial charge in [0.25, 0.3) is 0 Å². The van der Waals surface area contributed by atoms with Gasteiger partial charge in [0, 0.05) is 41.9 Å². The summed E-state index contributed by atoms with van der Waals surface area (Å²) >= 11 is 3.55. The number of rotatable bonds is 2. The summed E-state index contributed by atoms with van der Waals surface area (Å²) < 4.78 is 6.53. The van der Waals surface area contributed by atoms with Crippen molar-refractivity contribution >= 4 is 32.5 Å². The number of fused-ring (bicyclic) bond motifs is 1. The summed E-state index contributed by atoms with van der Waals surface area (Å²) in [5.41, 5.74) is 2.33. The number of pyridine rings is 1. The zero-order valence-electron chi connectivity index (χ0n) is 11.0. The maximum Gasteiger partial charge on any atom is 0.0723 e. The first-order valence-electron chi connectivity index (χ1n) is 6.60.